The summed E-state index contributed by atoms with van der Waals surface area (Å²) >= 11 is 0. The predicted octanol–water partition coefficient (Wildman–Crippen LogP) is 3.20. The fraction of sp³-hybridized carbons (Fsp3) is 0.600. The van der Waals surface area contributed by atoms with E-state index in [9.17, 15) is 10.4 Å². The number of hydrogen-bond acceptors (Lipinski definition) is 7. The molecule has 2 aliphatic heterocycles. The van der Waals surface area contributed by atoms with Gasteiger partial charge in [-0.15, -0.1) is 5.10 Å². The molecule has 33 heavy (non-hydrogen) atoms. The molecule has 0 saturated carbocycles. The maximum Gasteiger partial charge on any atom is 0.222 e. The molecule has 1 saturated heterocycles. The summed E-state index contributed by atoms with van der Waals surface area (Å²) in [6.07, 6.45) is 10.7. The van der Waals surface area contributed by atoms with Crippen LogP contribution in [0.1, 0.15) is 33.6 Å². The fourth-order valence-corrected chi connectivity index (χ4v) is 5.25. The van der Waals surface area contributed by atoms with E-state index in [1.54, 1.807) is 12.2 Å². The van der Waals surface area contributed by atoms with Crippen LogP contribution in [0.3, 0.4) is 0 Å². The Bertz CT molecular complexity index is 900. The zero-order valence-electron chi connectivity index (χ0n) is 20.2. The van der Waals surface area contributed by atoms with Gasteiger partial charge in [0.2, 0.25) is 17.5 Å². The summed E-state index contributed by atoms with van der Waals surface area (Å²) in [5.74, 6) is 3.49. The molecule has 180 valence electrons. The maximum atomic E-state index is 10.9. The molecular weight excluding hydrogens is 418 g/mol. The second kappa shape index (κ2) is 10.1. The smallest absolute Gasteiger partial charge is 0.222 e. The maximum absolute atomic E-state index is 10.9. The molecule has 1 fully saturated rings. The third kappa shape index (κ3) is 5.68. The van der Waals surface area contributed by atoms with Gasteiger partial charge in [0, 0.05) is 56.9 Å². The van der Waals surface area contributed by atoms with E-state index in [0.29, 0.717) is 35.5 Å². The van der Waals surface area contributed by atoms with Crippen LogP contribution in [0.5, 0.6) is 0 Å². The average Bonchev–Trinajstić information content (AvgIpc) is 3.25. The fourth-order valence-electron chi connectivity index (χ4n) is 5.25. The van der Waals surface area contributed by atoms with Gasteiger partial charge in [-0.05, 0) is 56.2 Å². The van der Waals surface area contributed by atoms with Gasteiger partial charge in [-0.3, -0.25) is 0 Å². The lowest BCUT2D eigenvalue weighted by molar-refractivity contribution is -0.377. The van der Waals surface area contributed by atoms with E-state index in [-0.39, 0.29) is 5.71 Å². The second-order valence-corrected chi connectivity index (χ2v) is 10.1. The number of rotatable bonds is 5. The number of ether oxygens (including phenoxy) is 1. The van der Waals surface area contributed by atoms with Crippen LogP contribution in [0, 0.1) is 34.1 Å². The summed E-state index contributed by atoms with van der Waals surface area (Å²) < 4.78 is 6.00. The third-order valence-electron chi connectivity index (χ3n) is 7.41. The molecule has 0 aromatic rings. The number of nitrogens with one attached hydrogen (secondary N) is 1. The lowest BCUT2D eigenvalue weighted by Gasteiger charge is -2.41. The molecule has 8 heteroatoms. The van der Waals surface area contributed by atoms with Gasteiger partial charge in [-0.2, -0.15) is 4.90 Å². The van der Waals surface area contributed by atoms with Crippen LogP contribution in [0.2, 0.25) is 0 Å². The molecule has 0 aromatic carbocycles. The van der Waals surface area contributed by atoms with Crippen LogP contribution in [-0.2, 0) is 4.74 Å². The Hall–Kier alpha value is -2.58. The van der Waals surface area contributed by atoms with Crippen LogP contribution in [0.25, 0.3) is 0 Å². The summed E-state index contributed by atoms with van der Waals surface area (Å²) in [6.45, 7) is 12.7. The van der Waals surface area contributed by atoms with E-state index in [1.165, 1.54) is 17.7 Å². The first-order valence-corrected chi connectivity index (χ1v) is 12.0. The summed E-state index contributed by atoms with van der Waals surface area (Å²) in [5.41, 5.74) is 5.21. The van der Waals surface area contributed by atoms with Crippen molar-refractivity contribution in [2.24, 2.45) is 28.8 Å². The van der Waals surface area contributed by atoms with E-state index in [0.717, 1.165) is 51.1 Å². The number of hydrogen-bond donors (Lipinski definition) is 1. The first kappa shape index (κ1) is 23.6. The van der Waals surface area contributed by atoms with E-state index in [4.69, 9.17) is 4.74 Å². The normalized spacial score (nSPS) is 28.6. The molecule has 0 aromatic heterocycles. The minimum absolute atomic E-state index is 0.0623. The van der Waals surface area contributed by atoms with Crippen molar-refractivity contribution in [2.45, 2.75) is 33.6 Å². The molecule has 0 bridgehead atoms. The molecule has 4 aliphatic rings. The lowest BCUT2D eigenvalue weighted by Crippen LogP contribution is -2.47. The number of nitrogens with zero attached hydrogens (tertiary/aromatic N) is 4. The Kier molecular flexibility index (Phi) is 7.24. The van der Waals surface area contributed by atoms with Crippen molar-refractivity contribution >= 4 is 11.6 Å². The third-order valence-corrected chi connectivity index (χ3v) is 7.41. The van der Waals surface area contributed by atoms with Crippen LogP contribution in [-0.4, -0.2) is 66.1 Å². The molecule has 3 atom stereocenters. The van der Waals surface area contributed by atoms with Gasteiger partial charge in [0.05, 0.1) is 0 Å². The van der Waals surface area contributed by atoms with Crippen molar-refractivity contribution in [1.82, 2.24) is 15.2 Å². The first-order chi connectivity index (χ1) is 15.8. The minimum Gasteiger partial charge on any atom is -0.612 e. The van der Waals surface area contributed by atoms with Crippen molar-refractivity contribution in [1.29, 1.82) is 0 Å². The summed E-state index contributed by atoms with van der Waals surface area (Å²) in [6, 6.07) is 0. The van der Waals surface area contributed by atoms with Crippen molar-refractivity contribution < 1.29 is 9.64 Å². The van der Waals surface area contributed by atoms with Crippen LogP contribution in [0.4, 0.5) is 0 Å². The topological polar surface area (TPSA) is 89.2 Å². The van der Waals surface area contributed by atoms with Gasteiger partial charge >= 0.3 is 0 Å². The zero-order valence-corrected chi connectivity index (χ0v) is 20.2. The quantitative estimate of drug-likeness (QED) is 0.390. The summed E-state index contributed by atoms with van der Waals surface area (Å²) in [5, 5.41) is 26.2. The second-order valence-electron chi connectivity index (χ2n) is 10.1. The number of allylic oxidation sites excluding steroid dienone is 6. The van der Waals surface area contributed by atoms with Crippen LogP contribution < -0.4 is 5.43 Å². The van der Waals surface area contributed by atoms with E-state index in [1.807, 2.05) is 0 Å². The molecule has 2 heterocycles. The Balaban J connectivity index is 1.39. The molecule has 0 unspecified atom stereocenters. The van der Waals surface area contributed by atoms with Crippen molar-refractivity contribution in [2.75, 3.05) is 39.8 Å². The number of piperazine rings is 1. The Morgan fingerprint density at radius 3 is 2.48 bits per heavy atom. The van der Waals surface area contributed by atoms with Gasteiger partial charge < -0.3 is 25.0 Å². The highest BCUT2D eigenvalue weighted by Crippen LogP contribution is 2.40. The summed E-state index contributed by atoms with van der Waals surface area (Å²) in [7, 11) is 2.21. The number of hydrazone groups is 1. The Morgan fingerprint density at radius 1 is 1.15 bits per heavy atom. The van der Waals surface area contributed by atoms with Crippen molar-refractivity contribution in [3.8, 4) is 0 Å². The van der Waals surface area contributed by atoms with Gasteiger partial charge in [0.1, 0.15) is 0 Å². The minimum atomic E-state index is -0.403. The molecular formula is C25H36N5O3-. The van der Waals surface area contributed by atoms with E-state index >= 15 is 0 Å². The Morgan fingerprint density at radius 2 is 1.85 bits per heavy atom. The highest BCUT2D eigenvalue weighted by atomic mass is 16.8. The predicted molar refractivity (Wildman–Crippen MR) is 131 cm³/mol. The van der Waals surface area contributed by atoms with Gasteiger partial charge in [0.15, 0.2) is 0 Å². The first-order valence-electron chi connectivity index (χ1n) is 12.0. The van der Waals surface area contributed by atoms with Crippen LogP contribution >= 0.6 is 0 Å². The average molecular weight is 455 g/mol. The lowest BCUT2D eigenvalue weighted by atomic mass is 9.69. The SMILES string of the molecule is CC1=C[C@@H](CN2CCN(C)CC2)[C@H](C(C)C)C[C@H]1CC1=NNC(=C2C=CC(=[N+]([O-])[O-])C=C2)O1. The Labute approximate surface area is 196 Å². The van der Waals surface area contributed by atoms with E-state index in [2.05, 4.69) is 54.2 Å². The molecule has 8 nitrogen and oxygen atoms in total. The van der Waals surface area contributed by atoms with E-state index < -0.39 is 4.90 Å². The zero-order chi connectivity index (χ0) is 23.5. The molecule has 2 aliphatic carbocycles. The highest BCUT2D eigenvalue weighted by molar-refractivity contribution is 6.02. The largest absolute Gasteiger partial charge is 0.612 e. The molecule has 0 radical (unpaired) electrons. The monoisotopic (exact) mass is 454 g/mol. The van der Waals surface area contributed by atoms with Gasteiger partial charge in [-0.25, -0.2) is 5.43 Å². The summed E-state index contributed by atoms with van der Waals surface area (Å²) in [4.78, 5) is 4.63. The van der Waals surface area contributed by atoms with Crippen molar-refractivity contribution in [3.63, 3.8) is 0 Å². The molecule has 0 spiro atoms. The van der Waals surface area contributed by atoms with Gasteiger partial charge in [-0.1, -0.05) is 25.5 Å². The van der Waals surface area contributed by atoms with Crippen LogP contribution in [0.15, 0.2) is 52.5 Å². The molecule has 0 amide bonds. The van der Waals surface area contributed by atoms with Gasteiger partial charge in [0.25, 0.3) is 0 Å². The highest BCUT2D eigenvalue weighted by Gasteiger charge is 2.34. The van der Waals surface area contributed by atoms with Crippen molar-refractivity contribution in [3.05, 3.63) is 57.8 Å². The standard InChI is InChI=1S/C25H36N5O3/c1-17(2)23-14-20(18(3)13-21(23)16-29-11-9-28(4)10-12-29)15-24-26-27-25(33-24)19-5-7-22(8-6-19)30(31)32/h5-8,13,17,20-21,23,27H,9-12,14-16H2,1-4H3/q-1/t20-,21-,23-/m0/s1. The molecule has 1 N–H and O–H groups in total. The molecule has 4 rings (SSSR count). The number of likely N-dealkylation sites (N-methyl/N-ethyl adjacent to an activating group) is 1.